The van der Waals surface area contributed by atoms with E-state index in [2.05, 4.69) is 0 Å². The normalized spacial score (nSPS) is 15.6. The number of halogens is 1. The first kappa shape index (κ1) is 19.3. The molecule has 1 saturated carbocycles. The minimum absolute atomic E-state index is 0.0775. The molecule has 6 heteroatoms. The van der Waals surface area contributed by atoms with Gasteiger partial charge < -0.3 is 4.90 Å². The van der Waals surface area contributed by atoms with Gasteiger partial charge in [-0.05, 0) is 43.5 Å². The zero-order chi connectivity index (χ0) is 20.5. The minimum atomic E-state index is -0.347. The van der Waals surface area contributed by atoms with E-state index in [1.54, 1.807) is 35.2 Å². The number of hydrogen-bond donors (Lipinski definition) is 0. The SMILES string of the molecule is CCCCN1C(=O)c2ccc(C(=O)N(Cc3ccccc3F)C3CC3)cc2C1=O. The topological polar surface area (TPSA) is 57.7 Å². The van der Waals surface area contributed by atoms with Crippen molar-refractivity contribution in [3.05, 3.63) is 70.5 Å². The molecular formula is C23H23FN2O3. The molecule has 2 aromatic rings. The fraction of sp³-hybridized carbons (Fsp3) is 0.348. The second kappa shape index (κ2) is 7.78. The van der Waals surface area contributed by atoms with Crippen molar-refractivity contribution in [2.24, 2.45) is 0 Å². The van der Waals surface area contributed by atoms with E-state index in [1.807, 2.05) is 6.92 Å². The zero-order valence-electron chi connectivity index (χ0n) is 16.4. The van der Waals surface area contributed by atoms with Gasteiger partial charge in [0.1, 0.15) is 5.82 Å². The third-order valence-electron chi connectivity index (χ3n) is 5.50. The second-order valence-corrected chi connectivity index (χ2v) is 7.63. The van der Waals surface area contributed by atoms with Crippen molar-refractivity contribution < 1.29 is 18.8 Å². The molecule has 1 fully saturated rings. The van der Waals surface area contributed by atoms with Crippen molar-refractivity contribution >= 4 is 17.7 Å². The molecule has 0 atom stereocenters. The number of benzene rings is 2. The summed E-state index contributed by atoms with van der Waals surface area (Å²) in [4.78, 5) is 41.3. The van der Waals surface area contributed by atoms with Crippen LogP contribution in [-0.4, -0.2) is 40.1 Å². The molecule has 0 aromatic heterocycles. The van der Waals surface area contributed by atoms with Crippen LogP contribution in [0.4, 0.5) is 4.39 Å². The van der Waals surface area contributed by atoms with E-state index in [4.69, 9.17) is 0 Å². The molecule has 0 saturated heterocycles. The number of hydrogen-bond acceptors (Lipinski definition) is 3. The summed E-state index contributed by atoms with van der Waals surface area (Å²) in [5, 5.41) is 0. The zero-order valence-corrected chi connectivity index (χ0v) is 16.4. The number of carbonyl (C=O) groups is 3. The van der Waals surface area contributed by atoms with E-state index in [0.717, 1.165) is 25.7 Å². The summed E-state index contributed by atoms with van der Waals surface area (Å²) in [6, 6.07) is 11.2. The molecule has 0 unspecified atom stereocenters. The highest BCUT2D eigenvalue weighted by molar-refractivity contribution is 6.22. The standard InChI is InChI=1S/C23H23FN2O3/c1-2-3-12-25-22(28)18-11-8-15(13-19(18)23(25)29)21(27)26(17-9-10-17)14-16-6-4-5-7-20(16)24/h4-8,11,13,17H,2-3,9-10,12,14H2,1H3. The van der Waals surface area contributed by atoms with Crippen LogP contribution in [-0.2, 0) is 6.54 Å². The molecule has 2 aromatic carbocycles. The number of fused-ring (bicyclic) bond motifs is 1. The minimum Gasteiger partial charge on any atom is -0.331 e. The summed E-state index contributed by atoms with van der Waals surface area (Å²) in [7, 11) is 0. The molecule has 0 N–H and O–H groups in total. The summed E-state index contributed by atoms with van der Waals surface area (Å²) < 4.78 is 14.1. The Hall–Kier alpha value is -3.02. The van der Waals surface area contributed by atoms with Gasteiger partial charge in [0, 0.05) is 30.3 Å². The lowest BCUT2D eigenvalue weighted by atomic mass is 10.0. The molecule has 150 valence electrons. The Balaban J connectivity index is 1.59. The van der Waals surface area contributed by atoms with Gasteiger partial charge in [-0.3, -0.25) is 19.3 Å². The Bertz CT molecular complexity index is 984. The van der Waals surface area contributed by atoms with E-state index < -0.39 is 0 Å². The molecule has 0 spiro atoms. The van der Waals surface area contributed by atoms with Gasteiger partial charge in [-0.15, -0.1) is 0 Å². The van der Waals surface area contributed by atoms with Crippen LogP contribution in [0, 0.1) is 5.82 Å². The average Bonchev–Trinajstić information content (AvgIpc) is 3.54. The van der Waals surface area contributed by atoms with Gasteiger partial charge in [0.15, 0.2) is 0 Å². The first-order valence-corrected chi connectivity index (χ1v) is 10.1. The van der Waals surface area contributed by atoms with Gasteiger partial charge in [-0.1, -0.05) is 31.5 Å². The lowest BCUT2D eigenvalue weighted by Crippen LogP contribution is -2.33. The highest BCUT2D eigenvalue weighted by atomic mass is 19.1. The molecule has 3 amide bonds. The van der Waals surface area contributed by atoms with Crippen LogP contribution in [0.5, 0.6) is 0 Å². The number of rotatable bonds is 7. The molecule has 1 heterocycles. The molecule has 0 radical (unpaired) electrons. The Labute approximate surface area is 169 Å². The lowest BCUT2D eigenvalue weighted by molar-refractivity contribution is 0.0651. The Morgan fingerprint density at radius 1 is 1.10 bits per heavy atom. The maximum absolute atomic E-state index is 14.1. The van der Waals surface area contributed by atoms with Gasteiger partial charge in [0.05, 0.1) is 11.1 Å². The average molecular weight is 394 g/mol. The van der Waals surface area contributed by atoms with Crippen molar-refractivity contribution in [2.75, 3.05) is 6.54 Å². The molecule has 4 rings (SSSR count). The van der Waals surface area contributed by atoms with E-state index in [0.29, 0.717) is 23.2 Å². The monoisotopic (exact) mass is 394 g/mol. The number of nitrogens with zero attached hydrogens (tertiary/aromatic N) is 2. The number of unbranched alkanes of at least 4 members (excludes halogenated alkanes) is 1. The maximum Gasteiger partial charge on any atom is 0.261 e. The molecule has 1 aliphatic carbocycles. The molecule has 1 aliphatic heterocycles. The van der Waals surface area contributed by atoms with Gasteiger partial charge in [0.25, 0.3) is 17.7 Å². The van der Waals surface area contributed by atoms with E-state index in [9.17, 15) is 18.8 Å². The molecular weight excluding hydrogens is 371 g/mol. The predicted octanol–water partition coefficient (Wildman–Crippen LogP) is 4.03. The van der Waals surface area contributed by atoms with Gasteiger partial charge in [-0.25, -0.2) is 4.39 Å². The van der Waals surface area contributed by atoms with Gasteiger partial charge >= 0.3 is 0 Å². The summed E-state index contributed by atoms with van der Waals surface area (Å²) in [6.07, 6.45) is 3.39. The highest BCUT2D eigenvalue weighted by Crippen LogP contribution is 2.31. The maximum atomic E-state index is 14.1. The van der Waals surface area contributed by atoms with E-state index >= 15 is 0 Å². The number of carbonyl (C=O) groups excluding carboxylic acids is 3. The highest BCUT2D eigenvalue weighted by Gasteiger charge is 2.37. The van der Waals surface area contributed by atoms with Crippen LogP contribution in [0.25, 0.3) is 0 Å². The summed E-state index contributed by atoms with van der Waals surface area (Å²) >= 11 is 0. The molecule has 5 nitrogen and oxygen atoms in total. The Morgan fingerprint density at radius 2 is 1.83 bits per heavy atom. The van der Waals surface area contributed by atoms with Crippen LogP contribution < -0.4 is 0 Å². The van der Waals surface area contributed by atoms with Crippen LogP contribution in [0.3, 0.4) is 0 Å². The number of imide groups is 1. The summed E-state index contributed by atoms with van der Waals surface area (Å²) in [6.45, 7) is 2.56. The molecule has 2 aliphatic rings. The van der Waals surface area contributed by atoms with Crippen molar-refractivity contribution in [1.29, 1.82) is 0 Å². The second-order valence-electron chi connectivity index (χ2n) is 7.63. The van der Waals surface area contributed by atoms with Gasteiger partial charge in [0.2, 0.25) is 0 Å². The third-order valence-corrected chi connectivity index (χ3v) is 5.50. The van der Waals surface area contributed by atoms with Crippen molar-refractivity contribution in [3.8, 4) is 0 Å². The predicted molar refractivity (Wildman–Crippen MR) is 106 cm³/mol. The van der Waals surface area contributed by atoms with Crippen LogP contribution in [0.1, 0.15) is 69.2 Å². The van der Waals surface area contributed by atoms with Crippen LogP contribution in [0.15, 0.2) is 42.5 Å². The lowest BCUT2D eigenvalue weighted by Gasteiger charge is -2.23. The fourth-order valence-electron chi connectivity index (χ4n) is 3.67. The smallest absolute Gasteiger partial charge is 0.261 e. The van der Waals surface area contributed by atoms with Crippen LogP contribution in [0.2, 0.25) is 0 Å². The summed E-state index contributed by atoms with van der Waals surface area (Å²) in [5.41, 5.74) is 1.43. The van der Waals surface area contributed by atoms with E-state index in [1.165, 1.54) is 17.0 Å². The largest absolute Gasteiger partial charge is 0.331 e. The van der Waals surface area contributed by atoms with Crippen LogP contribution >= 0.6 is 0 Å². The quantitative estimate of drug-likeness (QED) is 0.667. The Morgan fingerprint density at radius 3 is 2.52 bits per heavy atom. The third kappa shape index (κ3) is 3.67. The van der Waals surface area contributed by atoms with Crippen molar-refractivity contribution in [1.82, 2.24) is 9.80 Å². The van der Waals surface area contributed by atoms with Gasteiger partial charge in [-0.2, -0.15) is 0 Å². The first-order valence-electron chi connectivity index (χ1n) is 10.1. The molecule has 29 heavy (non-hydrogen) atoms. The summed E-state index contributed by atoms with van der Waals surface area (Å²) in [5.74, 6) is -1.24. The number of amides is 3. The van der Waals surface area contributed by atoms with Crippen molar-refractivity contribution in [2.45, 2.75) is 45.2 Å². The first-order chi connectivity index (χ1) is 14.0. The fourth-order valence-corrected chi connectivity index (χ4v) is 3.67. The van der Waals surface area contributed by atoms with E-state index in [-0.39, 0.29) is 41.7 Å². The molecule has 0 bridgehead atoms. The Kier molecular flexibility index (Phi) is 5.18. The van der Waals surface area contributed by atoms with Crippen molar-refractivity contribution in [3.63, 3.8) is 0 Å².